The Morgan fingerprint density at radius 3 is 3.00 bits per heavy atom. The van der Waals surface area contributed by atoms with Crippen molar-refractivity contribution in [3.63, 3.8) is 0 Å². The zero-order valence-electron chi connectivity index (χ0n) is 8.81. The highest BCUT2D eigenvalue weighted by atomic mass is 16.2. The van der Waals surface area contributed by atoms with E-state index in [0.717, 1.165) is 0 Å². The van der Waals surface area contributed by atoms with Gasteiger partial charge in [0, 0.05) is 25.8 Å². The van der Waals surface area contributed by atoms with Crippen molar-refractivity contribution in [2.75, 3.05) is 6.54 Å². The van der Waals surface area contributed by atoms with Crippen LogP contribution in [0.1, 0.15) is 23.3 Å². The van der Waals surface area contributed by atoms with Gasteiger partial charge in [0.05, 0.1) is 0 Å². The quantitative estimate of drug-likeness (QED) is 0.725. The topological polar surface area (TPSA) is 72.9 Å². The third-order valence-corrected chi connectivity index (χ3v) is 2.71. The van der Waals surface area contributed by atoms with Gasteiger partial charge in [0.15, 0.2) is 0 Å². The molecule has 1 fully saturated rings. The lowest BCUT2D eigenvalue weighted by Crippen LogP contribution is -2.41. The van der Waals surface area contributed by atoms with Crippen molar-refractivity contribution >= 4 is 5.91 Å². The highest BCUT2D eigenvalue weighted by Crippen LogP contribution is 2.32. The van der Waals surface area contributed by atoms with Crippen molar-refractivity contribution < 1.29 is 4.79 Å². The molecule has 1 heterocycles. The van der Waals surface area contributed by atoms with Crippen LogP contribution in [0.5, 0.6) is 0 Å². The molecule has 0 spiro atoms. The second kappa shape index (κ2) is 4.02. The van der Waals surface area contributed by atoms with E-state index in [1.54, 1.807) is 24.0 Å². The zero-order chi connectivity index (χ0) is 10.8. The number of nitrogens with two attached hydrogens (primary N) is 1. The Morgan fingerprint density at radius 2 is 2.53 bits per heavy atom. The second-order valence-corrected chi connectivity index (χ2v) is 4.03. The molecular weight excluding hydrogens is 192 g/mol. The van der Waals surface area contributed by atoms with Crippen molar-refractivity contribution in [3.8, 4) is 0 Å². The van der Waals surface area contributed by atoms with E-state index in [1.165, 1.54) is 12.8 Å². The first-order valence-corrected chi connectivity index (χ1v) is 5.21. The Morgan fingerprint density at radius 1 is 1.80 bits per heavy atom. The van der Waals surface area contributed by atoms with Gasteiger partial charge in [-0.25, -0.2) is 0 Å². The molecule has 1 saturated carbocycles. The minimum absolute atomic E-state index is 0.111. The lowest BCUT2D eigenvalue weighted by molar-refractivity contribution is 0.0927. The summed E-state index contributed by atoms with van der Waals surface area (Å²) in [5.74, 6) is 0.445. The molecule has 1 atom stereocenters. The average molecular weight is 208 g/mol. The summed E-state index contributed by atoms with van der Waals surface area (Å²) < 4.78 is 1.61. The minimum Gasteiger partial charge on any atom is -0.346 e. The van der Waals surface area contributed by atoms with Crippen LogP contribution < -0.4 is 11.1 Å². The molecule has 1 aliphatic rings. The zero-order valence-corrected chi connectivity index (χ0v) is 8.81. The molecule has 1 aromatic heterocycles. The lowest BCUT2D eigenvalue weighted by atomic mass is 10.2. The third kappa shape index (κ3) is 2.36. The molecular formula is C10H16N4O. The highest BCUT2D eigenvalue weighted by molar-refractivity contribution is 5.92. The van der Waals surface area contributed by atoms with Crippen molar-refractivity contribution in [3.05, 3.63) is 18.0 Å². The fraction of sp³-hybridized carbons (Fsp3) is 0.600. The number of nitrogens with one attached hydrogen (secondary N) is 1. The molecule has 1 amide bonds. The number of hydrogen-bond acceptors (Lipinski definition) is 3. The van der Waals surface area contributed by atoms with Crippen LogP contribution in [-0.2, 0) is 7.05 Å². The van der Waals surface area contributed by atoms with E-state index in [2.05, 4.69) is 10.4 Å². The summed E-state index contributed by atoms with van der Waals surface area (Å²) in [6.07, 6.45) is 4.10. The van der Waals surface area contributed by atoms with Crippen LogP contribution in [0.15, 0.2) is 12.3 Å². The van der Waals surface area contributed by atoms with Crippen LogP contribution in [0, 0.1) is 5.92 Å². The maximum atomic E-state index is 11.7. The summed E-state index contributed by atoms with van der Waals surface area (Å²) in [5.41, 5.74) is 6.06. The van der Waals surface area contributed by atoms with E-state index in [-0.39, 0.29) is 11.9 Å². The molecule has 82 valence electrons. The van der Waals surface area contributed by atoms with E-state index in [0.29, 0.717) is 18.2 Å². The number of nitrogens with zero attached hydrogens (tertiary/aromatic N) is 2. The van der Waals surface area contributed by atoms with Crippen LogP contribution in [0.4, 0.5) is 0 Å². The molecule has 0 aromatic carbocycles. The Labute approximate surface area is 88.6 Å². The number of aromatic nitrogens is 2. The van der Waals surface area contributed by atoms with Gasteiger partial charge < -0.3 is 11.1 Å². The van der Waals surface area contributed by atoms with Gasteiger partial charge in [0.1, 0.15) is 5.69 Å². The normalized spacial score (nSPS) is 17.5. The molecule has 0 bridgehead atoms. The first-order chi connectivity index (χ1) is 7.20. The van der Waals surface area contributed by atoms with Gasteiger partial charge in [0.25, 0.3) is 5.91 Å². The van der Waals surface area contributed by atoms with Gasteiger partial charge in [-0.3, -0.25) is 9.48 Å². The molecule has 2 rings (SSSR count). The molecule has 0 saturated heterocycles. The Kier molecular flexibility index (Phi) is 2.73. The molecule has 5 heteroatoms. The Bertz CT molecular complexity index is 356. The van der Waals surface area contributed by atoms with E-state index in [4.69, 9.17) is 5.73 Å². The molecule has 5 nitrogen and oxygen atoms in total. The monoisotopic (exact) mass is 208 g/mol. The van der Waals surface area contributed by atoms with E-state index in [1.807, 2.05) is 0 Å². The molecule has 3 N–H and O–H groups in total. The van der Waals surface area contributed by atoms with Crippen LogP contribution >= 0.6 is 0 Å². The summed E-state index contributed by atoms with van der Waals surface area (Å²) in [5, 5.41) is 6.96. The fourth-order valence-corrected chi connectivity index (χ4v) is 1.65. The highest BCUT2D eigenvalue weighted by Gasteiger charge is 2.31. The third-order valence-electron chi connectivity index (χ3n) is 2.71. The van der Waals surface area contributed by atoms with Crippen LogP contribution in [-0.4, -0.2) is 28.3 Å². The predicted molar refractivity (Wildman–Crippen MR) is 56.2 cm³/mol. The molecule has 1 unspecified atom stereocenters. The van der Waals surface area contributed by atoms with E-state index >= 15 is 0 Å². The standard InChI is InChI=1S/C10H16N4O/c1-14-5-4-8(13-14)10(15)12-9(6-11)7-2-3-7/h4-5,7,9H,2-3,6,11H2,1H3,(H,12,15). The summed E-state index contributed by atoms with van der Waals surface area (Å²) >= 11 is 0. The summed E-state index contributed by atoms with van der Waals surface area (Å²) in [6.45, 7) is 0.503. The summed E-state index contributed by atoms with van der Waals surface area (Å²) in [6, 6.07) is 1.81. The number of aryl methyl sites for hydroxylation is 1. The first-order valence-electron chi connectivity index (χ1n) is 5.21. The molecule has 0 aliphatic heterocycles. The average Bonchev–Trinajstić information content (AvgIpc) is 2.97. The van der Waals surface area contributed by atoms with Crippen molar-refractivity contribution in [2.24, 2.45) is 18.7 Å². The molecule has 0 radical (unpaired) electrons. The van der Waals surface area contributed by atoms with E-state index in [9.17, 15) is 4.79 Å². The number of hydrogen-bond donors (Lipinski definition) is 2. The molecule has 1 aromatic rings. The maximum absolute atomic E-state index is 11.7. The van der Waals surface area contributed by atoms with Gasteiger partial charge >= 0.3 is 0 Å². The van der Waals surface area contributed by atoms with Gasteiger partial charge in [-0.05, 0) is 24.8 Å². The number of amides is 1. The molecule has 1 aliphatic carbocycles. The predicted octanol–water partition coefficient (Wildman–Crippen LogP) is -0.113. The number of carbonyl (C=O) groups is 1. The summed E-state index contributed by atoms with van der Waals surface area (Å²) in [7, 11) is 1.79. The van der Waals surface area contributed by atoms with Gasteiger partial charge in [-0.1, -0.05) is 0 Å². The number of rotatable bonds is 4. The van der Waals surface area contributed by atoms with Gasteiger partial charge in [-0.2, -0.15) is 5.10 Å². The van der Waals surface area contributed by atoms with Gasteiger partial charge in [-0.15, -0.1) is 0 Å². The SMILES string of the molecule is Cn1ccc(C(=O)NC(CN)C2CC2)n1. The maximum Gasteiger partial charge on any atom is 0.272 e. The van der Waals surface area contributed by atoms with Crippen molar-refractivity contribution in [1.29, 1.82) is 0 Å². The van der Waals surface area contributed by atoms with Crippen LogP contribution in [0.2, 0.25) is 0 Å². The Balaban J connectivity index is 1.96. The van der Waals surface area contributed by atoms with Crippen molar-refractivity contribution in [1.82, 2.24) is 15.1 Å². The van der Waals surface area contributed by atoms with Crippen LogP contribution in [0.3, 0.4) is 0 Å². The second-order valence-electron chi connectivity index (χ2n) is 4.03. The first kappa shape index (κ1) is 10.2. The van der Waals surface area contributed by atoms with Crippen molar-refractivity contribution in [2.45, 2.75) is 18.9 Å². The lowest BCUT2D eigenvalue weighted by Gasteiger charge is -2.14. The Hall–Kier alpha value is -1.36. The largest absolute Gasteiger partial charge is 0.346 e. The molecule has 15 heavy (non-hydrogen) atoms. The minimum atomic E-state index is -0.127. The van der Waals surface area contributed by atoms with Gasteiger partial charge in [0.2, 0.25) is 0 Å². The fourth-order valence-electron chi connectivity index (χ4n) is 1.65. The summed E-state index contributed by atoms with van der Waals surface area (Å²) in [4.78, 5) is 11.7. The smallest absolute Gasteiger partial charge is 0.272 e. The van der Waals surface area contributed by atoms with E-state index < -0.39 is 0 Å². The number of carbonyl (C=O) groups excluding carboxylic acids is 1. The van der Waals surface area contributed by atoms with Crippen LogP contribution in [0.25, 0.3) is 0 Å².